The van der Waals surface area contributed by atoms with Crippen LogP contribution >= 0.6 is 53.7 Å². The van der Waals surface area contributed by atoms with Gasteiger partial charge in [0.2, 0.25) is 3.79 Å². The van der Waals surface area contributed by atoms with Gasteiger partial charge in [-0.05, 0) is 25.7 Å². The zero-order chi connectivity index (χ0) is 17.6. The SMILES string of the molecule is CCCCP(=O)(CCCC)C1(SC(O)C(Cl)(Cl)Cl)CCCCC1. The van der Waals surface area contributed by atoms with E-state index in [0.29, 0.717) is 0 Å². The van der Waals surface area contributed by atoms with Gasteiger partial charge in [0.05, 0.1) is 4.49 Å². The molecule has 1 fully saturated rings. The third-order valence-electron chi connectivity index (χ3n) is 4.73. The molecule has 1 atom stereocenters. The smallest absolute Gasteiger partial charge is 0.225 e. The van der Waals surface area contributed by atoms with Crippen molar-refractivity contribution in [3.05, 3.63) is 0 Å². The number of hydrogen-bond donors (Lipinski definition) is 1. The van der Waals surface area contributed by atoms with E-state index in [0.717, 1.165) is 70.1 Å². The highest BCUT2D eigenvalue weighted by Crippen LogP contribution is 2.70. The van der Waals surface area contributed by atoms with Gasteiger partial charge in [-0.2, -0.15) is 0 Å². The lowest BCUT2D eigenvalue weighted by atomic mass is 9.99. The summed E-state index contributed by atoms with van der Waals surface area (Å²) >= 11 is 19.0. The Morgan fingerprint density at radius 2 is 1.57 bits per heavy atom. The summed E-state index contributed by atoms with van der Waals surface area (Å²) in [5.41, 5.74) is -1.14. The van der Waals surface area contributed by atoms with Crippen LogP contribution in [0.15, 0.2) is 0 Å². The molecule has 1 rings (SSSR count). The van der Waals surface area contributed by atoms with E-state index >= 15 is 0 Å². The topological polar surface area (TPSA) is 37.3 Å². The molecule has 0 saturated heterocycles. The monoisotopic (exact) mass is 422 g/mol. The number of aliphatic hydroxyl groups is 1. The second kappa shape index (κ2) is 9.93. The summed E-state index contributed by atoms with van der Waals surface area (Å²) in [7, 11) is -2.46. The Labute approximate surface area is 160 Å². The molecule has 0 amide bonds. The fourth-order valence-corrected chi connectivity index (χ4v) is 10.3. The Balaban J connectivity index is 3.09. The number of thioether (sulfide) groups is 1. The standard InChI is InChI=1S/C16H30Cl3O2PS/c1-3-5-12-22(21,13-6-4-2)15(10-8-7-9-11-15)23-14(20)16(17,18)19/h14,20H,3-13H2,1-2H3. The molecule has 138 valence electrons. The van der Waals surface area contributed by atoms with Crippen LogP contribution in [0.5, 0.6) is 0 Å². The van der Waals surface area contributed by atoms with Crippen LogP contribution in [0.4, 0.5) is 0 Å². The van der Waals surface area contributed by atoms with Gasteiger partial charge in [-0.1, -0.05) is 80.8 Å². The summed E-state index contributed by atoms with van der Waals surface area (Å²) in [4.78, 5) is 0. The van der Waals surface area contributed by atoms with Crippen LogP contribution in [-0.4, -0.2) is 31.1 Å². The van der Waals surface area contributed by atoms with E-state index in [4.69, 9.17) is 34.8 Å². The fourth-order valence-electron chi connectivity index (χ4n) is 3.35. The van der Waals surface area contributed by atoms with Gasteiger partial charge in [0.15, 0.2) is 0 Å². The van der Waals surface area contributed by atoms with Crippen LogP contribution in [0.25, 0.3) is 0 Å². The zero-order valence-corrected chi connectivity index (χ0v) is 18.2. The first-order valence-electron chi connectivity index (χ1n) is 8.71. The maximum absolute atomic E-state index is 14.0. The normalized spacial score (nSPS) is 20.4. The van der Waals surface area contributed by atoms with Crippen LogP contribution in [-0.2, 0) is 4.57 Å². The average molecular weight is 424 g/mol. The van der Waals surface area contributed by atoms with E-state index in [1.807, 2.05) is 0 Å². The number of unbranched alkanes of at least 4 members (excludes halogenated alkanes) is 2. The molecular weight excluding hydrogens is 394 g/mol. The molecule has 23 heavy (non-hydrogen) atoms. The summed E-state index contributed by atoms with van der Waals surface area (Å²) < 4.78 is 11.9. The van der Waals surface area contributed by atoms with Crippen molar-refractivity contribution >= 4 is 53.7 Å². The molecule has 0 bridgehead atoms. The molecule has 2 nitrogen and oxygen atoms in total. The predicted octanol–water partition coefficient (Wildman–Crippen LogP) is 7.03. The number of halogens is 3. The lowest BCUT2D eigenvalue weighted by molar-refractivity contribution is 0.265. The van der Waals surface area contributed by atoms with Crippen LogP contribution in [0.2, 0.25) is 0 Å². The van der Waals surface area contributed by atoms with Crippen molar-refractivity contribution in [3.8, 4) is 0 Å². The highest BCUT2D eigenvalue weighted by Gasteiger charge is 2.51. The summed E-state index contributed by atoms with van der Waals surface area (Å²) in [6, 6.07) is 0. The Bertz CT molecular complexity index is 383. The van der Waals surface area contributed by atoms with Crippen LogP contribution < -0.4 is 0 Å². The first-order chi connectivity index (χ1) is 10.7. The van der Waals surface area contributed by atoms with E-state index in [2.05, 4.69) is 13.8 Å². The lowest BCUT2D eigenvalue weighted by Crippen LogP contribution is -2.36. The van der Waals surface area contributed by atoms with Crippen LogP contribution in [0.3, 0.4) is 0 Å². The van der Waals surface area contributed by atoms with Crippen molar-refractivity contribution in [1.29, 1.82) is 0 Å². The summed E-state index contributed by atoms with van der Waals surface area (Å²) in [6.07, 6.45) is 10.5. The third-order valence-corrected chi connectivity index (χ3v) is 12.5. The quantitative estimate of drug-likeness (QED) is 0.246. The molecule has 0 aromatic carbocycles. The largest absolute Gasteiger partial charge is 0.378 e. The summed E-state index contributed by atoms with van der Waals surface area (Å²) in [6.45, 7) is 4.25. The Hall–Kier alpha value is 1.41. The summed E-state index contributed by atoms with van der Waals surface area (Å²) in [5, 5.41) is 10.4. The molecule has 1 aliphatic rings. The molecule has 1 unspecified atom stereocenters. The highest BCUT2D eigenvalue weighted by molar-refractivity contribution is 8.08. The maximum Gasteiger partial charge on any atom is 0.225 e. The van der Waals surface area contributed by atoms with E-state index in [9.17, 15) is 9.67 Å². The fraction of sp³-hybridized carbons (Fsp3) is 1.00. The minimum Gasteiger partial charge on any atom is -0.378 e. The summed E-state index contributed by atoms with van der Waals surface area (Å²) in [5.74, 6) is 0. The Kier molecular flexibility index (Phi) is 9.69. The number of aliphatic hydroxyl groups excluding tert-OH is 1. The molecule has 1 saturated carbocycles. The Morgan fingerprint density at radius 1 is 1.09 bits per heavy atom. The first kappa shape index (κ1) is 22.5. The van der Waals surface area contributed by atoms with Gasteiger partial charge in [0.25, 0.3) is 0 Å². The molecule has 7 heteroatoms. The average Bonchev–Trinajstić information content (AvgIpc) is 2.50. The van der Waals surface area contributed by atoms with Gasteiger partial charge in [-0.3, -0.25) is 0 Å². The van der Waals surface area contributed by atoms with Crippen molar-refractivity contribution in [2.75, 3.05) is 12.3 Å². The van der Waals surface area contributed by atoms with Crippen molar-refractivity contribution in [2.45, 2.75) is 85.4 Å². The second-order valence-corrected chi connectivity index (χ2v) is 14.2. The second-order valence-electron chi connectivity index (χ2n) is 6.56. The minimum atomic E-state index is -2.46. The van der Waals surface area contributed by atoms with Crippen LogP contribution in [0.1, 0.15) is 71.6 Å². The molecule has 0 radical (unpaired) electrons. The Morgan fingerprint density at radius 3 is 1.96 bits per heavy atom. The molecule has 0 aromatic rings. The van der Waals surface area contributed by atoms with Crippen LogP contribution in [0, 0.1) is 0 Å². The maximum atomic E-state index is 14.0. The van der Waals surface area contributed by atoms with Gasteiger partial charge in [-0.25, -0.2) is 0 Å². The zero-order valence-electron chi connectivity index (χ0n) is 14.2. The predicted molar refractivity (Wildman–Crippen MR) is 107 cm³/mol. The molecule has 0 spiro atoms. The van der Waals surface area contributed by atoms with Crippen molar-refractivity contribution in [2.24, 2.45) is 0 Å². The molecule has 1 N–H and O–H groups in total. The van der Waals surface area contributed by atoms with E-state index in [1.165, 1.54) is 11.8 Å². The molecule has 1 aliphatic carbocycles. The van der Waals surface area contributed by atoms with Gasteiger partial charge < -0.3 is 9.67 Å². The van der Waals surface area contributed by atoms with Gasteiger partial charge in [-0.15, -0.1) is 11.8 Å². The number of alkyl halides is 3. The van der Waals surface area contributed by atoms with E-state index < -0.39 is 20.9 Å². The van der Waals surface area contributed by atoms with E-state index in [1.54, 1.807) is 0 Å². The first-order valence-corrected chi connectivity index (χ1v) is 12.8. The number of hydrogen-bond acceptors (Lipinski definition) is 3. The molecule has 0 aromatic heterocycles. The lowest BCUT2D eigenvalue weighted by Gasteiger charge is -2.45. The van der Waals surface area contributed by atoms with E-state index in [-0.39, 0.29) is 0 Å². The molecular formula is C16H30Cl3O2PS. The highest BCUT2D eigenvalue weighted by atomic mass is 35.6. The van der Waals surface area contributed by atoms with Crippen molar-refractivity contribution in [3.63, 3.8) is 0 Å². The van der Waals surface area contributed by atoms with Crippen molar-refractivity contribution < 1.29 is 9.67 Å². The minimum absolute atomic E-state index is 0.418. The van der Waals surface area contributed by atoms with Gasteiger partial charge in [0, 0.05) is 12.3 Å². The third kappa shape index (κ3) is 6.26. The van der Waals surface area contributed by atoms with Gasteiger partial charge >= 0.3 is 0 Å². The number of rotatable bonds is 9. The molecule has 0 aliphatic heterocycles. The van der Waals surface area contributed by atoms with Gasteiger partial charge in [0.1, 0.15) is 12.6 Å². The molecule has 0 heterocycles. The van der Waals surface area contributed by atoms with Crippen molar-refractivity contribution in [1.82, 2.24) is 0 Å².